The molecule has 17 heavy (non-hydrogen) atoms. The molecule has 0 bridgehead atoms. The minimum Gasteiger partial charge on any atom is -0.283 e. The number of alkyl halides is 1. The summed E-state index contributed by atoms with van der Waals surface area (Å²) in [5.41, 5.74) is 1.19. The lowest BCUT2D eigenvalue weighted by Crippen LogP contribution is -2.13. The molecule has 0 aliphatic rings. The van der Waals surface area contributed by atoms with Gasteiger partial charge >= 0.3 is 0 Å². The molecule has 0 radical (unpaired) electrons. The summed E-state index contributed by atoms with van der Waals surface area (Å²) in [6, 6.07) is 6.63. The number of nitrogens with one attached hydrogen (secondary N) is 1. The largest absolute Gasteiger partial charge is 0.283 e. The molecule has 6 nitrogen and oxygen atoms in total. The SMILES string of the molecule is O=S(=O)(CCl)Nc1ccc(-n2nccn2)cc1. The molecule has 0 saturated heterocycles. The van der Waals surface area contributed by atoms with Crippen molar-refractivity contribution in [2.24, 2.45) is 0 Å². The molecule has 1 aromatic heterocycles. The van der Waals surface area contributed by atoms with Crippen LogP contribution in [0.15, 0.2) is 36.7 Å². The van der Waals surface area contributed by atoms with Gasteiger partial charge in [-0.1, -0.05) is 0 Å². The van der Waals surface area contributed by atoms with Gasteiger partial charge in [0.25, 0.3) is 0 Å². The first kappa shape index (κ1) is 11.9. The second-order valence-electron chi connectivity index (χ2n) is 3.19. The van der Waals surface area contributed by atoms with Crippen LogP contribution in [0.25, 0.3) is 5.69 Å². The Bertz CT molecular complexity index is 580. The van der Waals surface area contributed by atoms with Crippen molar-refractivity contribution in [1.29, 1.82) is 0 Å². The molecule has 8 heteroatoms. The van der Waals surface area contributed by atoms with Gasteiger partial charge in [-0.25, -0.2) is 8.42 Å². The summed E-state index contributed by atoms with van der Waals surface area (Å²) >= 11 is 5.28. The molecule has 0 aliphatic carbocycles. The van der Waals surface area contributed by atoms with E-state index in [2.05, 4.69) is 14.9 Å². The maximum absolute atomic E-state index is 11.2. The monoisotopic (exact) mass is 272 g/mol. The van der Waals surface area contributed by atoms with Crippen LogP contribution in [0.3, 0.4) is 0 Å². The number of benzene rings is 1. The Labute approximate surface area is 103 Å². The molecule has 90 valence electrons. The van der Waals surface area contributed by atoms with E-state index in [9.17, 15) is 8.42 Å². The van der Waals surface area contributed by atoms with E-state index in [-0.39, 0.29) is 0 Å². The number of anilines is 1. The summed E-state index contributed by atoms with van der Waals surface area (Å²) < 4.78 is 24.7. The Morgan fingerprint density at radius 3 is 2.29 bits per heavy atom. The Morgan fingerprint density at radius 1 is 1.18 bits per heavy atom. The van der Waals surface area contributed by atoms with E-state index in [0.29, 0.717) is 5.69 Å². The highest BCUT2D eigenvalue weighted by Gasteiger charge is 2.07. The molecule has 0 fully saturated rings. The fourth-order valence-corrected chi connectivity index (χ4v) is 1.93. The summed E-state index contributed by atoms with van der Waals surface area (Å²) in [5.74, 6) is 0. The van der Waals surface area contributed by atoms with Gasteiger partial charge in [0.15, 0.2) is 0 Å². The quantitative estimate of drug-likeness (QED) is 0.849. The van der Waals surface area contributed by atoms with Gasteiger partial charge in [0.2, 0.25) is 10.0 Å². The van der Waals surface area contributed by atoms with E-state index >= 15 is 0 Å². The molecule has 1 aromatic carbocycles. The van der Waals surface area contributed by atoms with E-state index in [1.54, 1.807) is 36.7 Å². The number of hydrogen-bond acceptors (Lipinski definition) is 4. The molecule has 0 saturated carbocycles. The smallest absolute Gasteiger partial charge is 0.246 e. The third kappa shape index (κ3) is 2.95. The van der Waals surface area contributed by atoms with Gasteiger partial charge in [0.1, 0.15) is 5.21 Å². The average Bonchev–Trinajstić information content (AvgIpc) is 2.83. The molecule has 1 N–H and O–H groups in total. The van der Waals surface area contributed by atoms with E-state index in [4.69, 9.17) is 11.6 Å². The third-order valence-electron chi connectivity index (χ3n) is 1.93. The van der Waals surface area contributed by atoms with Gasteiger partial charge in [-0.05, 0) is 24.3 Å². The topological polar surface area (TPSA) is 76.9 Å². The average molecular weight is 273 g/mol. The first-order chi connectivity index (χ1) is 8.11. The Morgan fingerprint density at radius 2 is 1.76 bits per heavy atom. The first-order valence-corrected chi connectivity index (χ1v) is 6.82. The van der Waals surface area contributed by atoms with Crippen LogP contribution < -0.4 is 4.72 Å². The van der Waals surface area contributed by atoms with E-state index in [1.807, 2.05) is 0 Å². The first-order valence-electron chi connectivity index (χ1n) is 4.64. The number of sulfonamides is 1. The van der Waals surface area contributed by atoms with Gasteiger partial charge in [-0.15, -0.1) is 11.6 Å². The van der Waals surface area contributed by atoms with Crippen LogP contribution in [-0.4, -0.2) is 28.6 Å². The van der Waals surface area contributed by atoms with Gasteiger partial charge in [-0.3, -0.25) is 4.72 Å². The molecule has 0 unspecified atom stereocenters. The second-order valence-corrected chi connectivity index (χ2v) is 5.50. The van der Waals surface area contributed by atoms with Crippen molar-refractivity contribution in [3.05, 3.63) is 36.7 Å². The van der Waals surface area contributed by atoms with Crippen molar-refractivity contribution >= 4 is 27.3 Å². The highest BCUT2D eigenvalue weighted by atomic mass is 35.5. The zero-order valence-electron chi connectivity index (χ0n) is 8.62. The van der Waals surface area contributed by atoms with E-state index in [0.717, 1.165) is 5.69 Å². The van der Waals surface area contributed by atoms with Crippen molar-refractivity contribution in [2.45, 2.75) is 0 Å². The van der Waals surface area contributed by atoms with Gasteiger partial charge in [-0.2, -0.15) is 15.0 Å². The lowest BCUT2D eigenvalue weighted by Gasteiger charge is -2.05. The van der Waals surface area contributed by atoms with Crippen molar-refractivity contribution in [1.82, 2.24) is 15.0 Å². The molecule has 0 spiro atoms. The summed E-state index contributed by atoms with van der Waals surface area (Å²) in [6.45, 7) is 0. The maximum Gasteiger partial charge on any atom is 0.246 e. The van der Waals surface area contributed by atoms with Gasteiger partial charge in [0.05, 0.1) is 18.1 Å². The lowest BCUT2D eigenvalue weighted by atomic mass is 10.3. The number of nitrogens with zero attached hydrogens (tertiary/aromatic N) is 3. The van der Waals surface area contributed by atoms with Crippen molar-refractivity contribution in [3.8, 4) is 5.69 Å². The van der Waals surface area contributed by atoms with Gasteiger partial charge < -0.3 is 0 Å². The molecular formula is C9H9ClN4O2S. The highest BCUT2D eigenvalue weighted by molar-refractivity contribution is 7.93. The standard InChI is InChI=1S/C9H9ClN4O2S/c10-7-17(15,16)13-8-1-3-9(4-2-8)14-11-5-6-12-14/h1-6,13H,7H2. The molecule has 0 aliphatic heterocycles. The number of halogens is 1. The lowest BCUT2D eigenvalue weighted by molar-refractivity contribution is 0.605. The zero-order chi connectivity index (χ0) is 12.3. The minimum absolute atomic E-state index is 0.446. The van der Waals surface area contributed by atoms with Crippen LogP contribution >= 0.6 is 11.6 Å². The fraction of sp³-hybridized carbons (Fsp3) is 0.111. The van der Waals surface area contributed by atoms with Crippen molar-refractivity contribution in [3.63, 3.8) is 0 Å². The predicted molar refractivity (Wildman–Crippen MR) is 64.6 cm³/mol. The summed E-state index contributed by atoms with van der Waals surface area (Å²) in [7, 11) is -3.46. The second kappa shape index (κ2) is 4.72. The van der Waals surface area contributed by atoms with E-state index < -0.39 is 15.2 Å². The van der Waals surface area contributed by atoms with Crippen LogP contribution in [0.5, 0.6) is 0 Å². The van der Waals surface area contributed by atoms with Crippen LogP contribution in [0.4, 0.5) is 5.69 Å². The Balaban J connectivity index is 2.19. The molecule has 2 aromatic rings. The molecule has 2 rings (SSSR count). The van der Waals surface area contributed by atoms with Crippen LogP contribution in [0, 0.1) is 0 Å². The fourth-order valence-electron chi connectivity index (χ4n) is 1.22. The Hall–Kier alpha value is -1.60. The normalized spacial score (nSPS) is 11.4. The van der Waals surface area contributed by atoms with Crippen molar-refractivity contribution in [2.75, 3.05) is 9.93 Å². The third-order valence-corrected chi connectivity index (χ3v) is 3.63. The predicted octanol–water partition coefficient (Wildman–Crippen LogP) is 1.21. The molecule has 1 heterocycles. The van der Waals surface area contributed by atoms with Crippen molar-refractivity contribution < 1.29 is 8.42 Å². The van der Waals surface area contributed by atoms with Crippen LogP contribution in [0.2, 0.25) is 0 Å². The molecule has 0 atom stereocenters. The highest BCUT2D eigenvalue weighted by Crippen LogP contribution is 2.13. The number of rotatable bonds is 4. The maximum atomic E-state index is 11.2. The number of hydrogen-bond donors (Lipinski definition) is 1. The summed E-state index contributed by atoms with van der Waals surface area (Å²) in [6.07, 6.45) is 3.12. The van der Waals surface area contributed by atoms with Crippen LogP contribution in [0.1, 0.15) is 0 Å². The summed E-state index contributed by atoms with van der Waals surface area (Å²) in [4.78, 5) is 1.43. The van der Waals surface area contributed by atoms with Crippen LogP contribution in [-0.2, 0) is 10.0 Å². The van der Waals surface area contributed by atoms with E-state index in [1.165, 1.54) is 4.80 Å². The number of aromatic nitrogens is 3. The zero-order valence-corrected chi connectivity index (χ0v) is 10.2. The Kier molecular flexibility index (Phi) is 3.30. The molecular weight excluding hydrogens is 264 g/mol. The summed E-state index contributed by atoms with van der Waals surface area (Å²) in [5, 5.41) is 7.43. The minimum atomic E-state index is -3.46. The molecule has 0 amide bonds. The van der Waals surface area contributed by atoms with Gasteiger partial charge in [0, 0.05) is 5.69 Å².